The normalized spacial score (nSPS) is 18.6. The van der Waals surface area contributed by atoms with Crippen molar-refractivity contribution < 1.29 is 18.7 Å². The van der Waals surface area contributed by atoms with E-state index in [1.54, 1.807) is 6.07 Å². The first kappa shape index (κ1) is 13.8. The number of amides is 1. The number of rotatable bonds is 4. The van der Waals surface area contributed by atoms with Gasteiger partial charge in [-0.25, -0.2) is 4.39 Å². The molecule has 1 heterocycles. The fraction of sp³-hybridized carbons (Fsp3) is 0.500. The number of hydrogen-bond acceptors (Lipinski definition) is 3. The lowest BCUT2D eigenvalue weighted by molar-refractivity contribution is -0.124. The highest BCUT2D eigenvalue weighted by Gasteiger charge is 2.23. The van der Waals surface area contributed by atoms with Crippen LogP contribution in [0.1, 0.15) is 26.7 Å². The average Bonchev–Trinajstić information content (AvgIpc) is 2.86. The molecule has 1 atom stereocenters. The first-order valence-corrected chi connectivity index (χ1v) is 6.45. The summed E-state index contributed by atoms with van der Waals surface area (Å²) < 4.78 is 24.3. The molecule has 4 nitrogen and oxygen atoms in total. The van der Waals surface area contributed by atoms with Crippen molar-refractivity contribution in [2.24, 2.45) is 0 Å². The highest BCUT2D eigenvalue weighted by molar-refractivity contribution is 5.94. The standard InChI is InChI=1S/C14H18FNO3/c1-9(2)19-12-6-5-10(8-11(12)15)16-14(17)13-4-3-7-18-13/h5-6,8-9,13H,3-4,7H2,1-2H3,(H,16,17). The molecule has 1 fully saturated rings. The lowest BCUT2D eigenvalue weighted by atomic mass is 10.2. The van der Waals surface area contributed by atoms with Crippen LogP contribution in [0.25, 0.3) is 0 Å². The molecular weight excluding hydrogens is 249 g/mol. The maximum absolute atomic E-state index is 13.7. The molecule has 5 heteroatoms. The van der Waals surface area contributed by atoms with Gasteiger partial charge in [-0.05, 0) is 38.8 Å². The number of carbonyl (C=O) groups excluding carboxylic acids is 1. The Morgan fingerprint density at radius 3 is 2.89 bits per heavy atom. The monoisotopic (exact) mass is 267 g/mol. The summed E-state index contributed by atoms with van der Waals surface area (Å²) in [6.07, 6.45) is 1.08. The zero-order chi connectivity index (χ0) is 13.8. The second-order valence-electron chi connectivity index (χ2n) is 4.80. The minimum Gasteiger partial charge on any atom is -0.488 e. The van der Waals surface area contributed by atoms with Crippen molar-refractivity contribution >= 4 is 11.6 Å². The predicted molar refractivity (Wildman–Crippen MR) is 69.8 cm³/mol. The SMILES string of the molecule is CC(C)Oc1ccc(NC(=O)C2CCCO2)cc1F. The lowest BCUT2D eigenvalue weighted by Gasteiger charge is -2.13. The summed E-state index contributed by atoms with van der Waals surface area (Å²) in [4.78, 5) is 11.8. The van der Waals surface area contributed by atoms with E-state index in [0.717, 1.165) is 6.42 Å². The number of halogens is 1. The van der Waals surface area contributed by atoms with Gasteiger partial charge >= 0.3 is 0 Å². The van der Waals surface area contributed by atoms with E-state index in [2.05, 4.69) is 5.32 Å². The molecule has 0 aromatic heterocycles. The van der Waals surface area contributed by atoms with Crippen LogP contribution in [0, 0.1) is 5.82 Å². The van der Waals surface area contributed by atoms with Crippen molar-refractivity contribution in [3.8, 4) is 5.75 Å². The lowest BCUT2D eigenvalue weighted by Crippen LogP contribution is -2.26. The Morgan fingerprint density at radius 1 is 1.53 bits per heavy atom. The smallest absolute Gasteiger partial charge is 0.253 e. The number of carbonyl (C=O) groups is 1. The maximum Gasteiger partial charge on any atom is 0.253 e. The molecule has 0 bridgehead atoms. The van der Waals surface area contributed by atoms with Crippen LogP contribution in [0.4, 0.5) is 10.1 Å². The van der Waals surface area contributed by atoms with E-state index < -0.39 is 11.9 Å². The van der Waals surface area contributed by atoms with Crippen LogP contribution in [-0.2, 0) is 9.53 Å². The molecular formula is C14H18FNO3. The highest BCUT2D eigenvalue weighted by Crippen LogP contribution is 2.23. The van der Waals surface area contributed by atoms with Crippen molar-refractivity contribution in [2.45, 2.75) is 38.9 Å². The van der Waals surface area contributed by atoms with Crippen LogP contribution in [0.5, 0.6) is 5.75 Å². The molecule has 1 saturated heterocycles. The molecule has 1 aliphatic rings. The Morgan fingerprint density at radius 2 is 2.32 bits per heavy atom. The molecule has 0 aliphatic carbocycles. The van der Waals surface area contributed by atoms with Crippen molar-refractivity contribution in [2.75, 3.05) is 11.9 Å². The van der Waals surface area contributed by atoms with Gasteiger partial charge in [-0.2, -0.15) is 0 Å². The van der Waals surface area contributed by atoms with Gasteiger partial charge in [-0.15, -0.1) is 0 Å². The van der Waals surface area contributed by atoms with Gasteiger partial charge in [0, 0.05) is 18.4 Å². The molecule has 104 valence electrons. The molecule has 1 aromatic carbocycles. The van der Waals surface area contributed by atoms with Crippen LogP contribution in [-0.4, -0.2) is 24.7 Å². The van der Waals surface area contributed by atoms with Crippen LogP contribution in [0.2, 0.25) is 0 Å². The molecule has 1 aliphatic heterocycles. The van der Waals surface area contributed by atoms with E-state index in [9.17, 15) is 9.18 Å². The number of ether oxygens (including phenoxy) is 2. The number of nitrogens with one attached hydrogen (secondary N) is 1. The van der Waals surface area contributed by atoms with Crippen molar-refractivity contribution in [3.63, 3.8) is 0 Å². The fourth-order valence-corrected chi connectivity index (χ4v) is 1.94. The molecule has 2 rings (SSSR count). The summed E-state index contributed by atoms with van der Waals surface area (Å²) in [5.74, 6) is -0.529. The van der Waals surface area contributed by atoms with Crippen LogP contribution >= 0.6 is 0 Å². The van der Waals surface area contributed by atoms with Crippen molar-refractivity contribution in [3.05, 3.63) is 24.0 Å². The van der Waals surface area contributed by atoms with Gasteiger partial charge in [-0.1, -0.05) is 0 Å². The quantitative estimate of drug-likeness (QED) is 0.912. The van der Waals surface area contributed by atoms with Gasteiger partial charge < -0.3 is 14.8 Å². The van der Waals surface area contributed by atoms with Gasteiger partial charge in [0.25, 0.3) is 5.91 Å². The first-order chi connectivity index (χ1) is 9.06. The minimum absolute atomic E-state index is 0.0955. The van der Waals surface area contributed by atoms with Gasteiger partial charge in [0.05, 0.1) is 6.10 Å². The zero-order valence-corrected chi connectivity index (χ0v) is 11.1. The Labute approximate surface area is 111 Å². The third kappa shape index (κ3) is 3.67. The average molecular weight is 267 g/mol. The summed E-state index contributed by atoms with van der Waals surface area (Å²) >= 11 is 0. The molecule has 0 saturated carbocycles. The summed E-state index contributed by atoms with van der Waals surface area (Å²) in [5.41, 5.74) is 0.411. The Bertz CT molecular complexity index is 456. The topological polar surface area (TPSA) is 47.6 Å². The van der Waals surface area contributed by atoms with Crippen LogP contribution < -0.4 is 10.1 Å². The third-order valence-corrected chi connectivity index (χ3v) is 2.78. The van der Waals surface area contributed by atoms with Gasteiger partial charge in [0.15, 0.2) is 11.6 Å². The van der Waals surface area contributed by atoms with E-state index in [0.29, 0.717) is 18.7 Å². The van der Waals surface area contributed by atoms with E-state index in [1.807, 2.05) is 13.8 Å². The van der Waals surface area contributed by atoms with E-state index in [1.165, 1.54) is 12.1 Å². The second kappa shape index (κ2) is 6.02. The number of hydrogen-bond donors (Lipinski definition) is 1. The molecule has 1 N–H and O–H groups in total. The Hall–Kier alpha value is -1.62. The predicted octanol–water partition coefficient (Wildman–Crippen LogP) is 2.73. The molecule has 1 unspecified atom stereocenters. The van der Waals surface area contributed by atoms with Gasteiger partial charge in [-0.3, -0.25) is 4.79 Å². The summed E-state index contributed by atoms with van der Waals surface area (Å²) in [5, 5.41) is 2.65. The van der Waals surface area contributed by atoms with Crippen molar-refractivity contribution in [1.82, 2.24) is 0 Å². The van der Waals surface area contributed by atoms with Crippen molar-refractivity contribution in [1.29, 1.82) is 0 Å². The van der Waals surface area contributed by atoms with E-state index >= 15 is 0 Å². The summed E-state index contributed by atoms with van der Waals surface area (Å²) in [6, 6.07) is 4.39. The molecule has 1 amide bonds. The highest BCUT2D eigenvalue weighted by atomic mass is 19.1. The van der Waals surface area contributed by atoms with Crippen LogP contribution in [0.15, 0.2) is 18.2 Å². The zero-order valence-electron chi connectivity index (χ0n) is 11.1. The Balaban J connectivity index is 2.01. The molecule has 1 aromatic rings. The largest absolute Gasteiger partial charge is 0.488 e. The number of anilines is 1. The first-order valence-electron chi connectivity index (χ1n) is 6.45. The van der Waals surface area contributed by atoms with Gasteiger partial charge in [0.1, 0.15) is 6.10 Å². The van der Waals surface area contributed by atoms with Gasteiger partial charge in [0.2, 0.25) is 0 Å². The molecule has 19 heavy (non-hydrogen) atoms. The minimum atomic E-state index is -0.487. The van der Waals surface area contributed by atoms with E-state index in [4.69, 9.17) is 9.47 Å². The maximum atomic E-state index is 13.7. The third-order valence-electron chi connectivity index (χ3n) is 2.78. The van der Waals surface area contributed by atoms with Crippen LogP contribution in [0.3, 0.4) is 0 Å². The molecule has 0 spiro atoms. The number of benzene rings is 1. The van der Waals surface area contributed by atoms with E-state index in [-0.39, 0.29) is 17.8 Å². The second-order valence-corrected chi connectivity index (χ2v) is 4.80. The Kier molecular flexibility index (Phi) is 4.37. The summed E-state index contributed by atoms with van der Waals surface area (Å²) in [6.45, 7) is 4.26. The fourth-order valence-electron chi connectivity index (χ4n) is 1.94. The molecule has 0 radical (unpaired) electrons. The summed E-state index contributed by atoms with van der Waals surface area (Å²) in [7, 11) is 0.